The van der Waals surface area contributed by atoms with Gasteiger partial charge in [-0.05, 0) is 36.4 Å². The third kappa shape index (κ3) is 2.94. The normalized spacial score (nSPS) is 10.3. The molecule has 0 fully saturated rings. The van der Waals surface area contributed by atoms with Crippen LogP contribution in [-0.2, 0) is 0 Å². The number of benzene rings is 2. The van der Waals surface area contributed by atoms with Crippen molar-refractivity contribution in [2.45, 2.75) is 0 Å². The van der Waals surface area contributed by atoms with E-state index >= 15 is 0 Å². The van der Waals surface area contributed by atoms with Crippen LogP contribution in [0.1, 0.15) is 10.4 Å². The summed E-state index contributed by atoms with van der Waals surface area (Å²) in [6.45, 7) is 0. The van der Waals surface area contributed by atoms with E-state index in [4.69, 9.17) is 4.42 Å². The molecule has 0 aliphatic carbocycles. The van der Waals surface area contributed by atoms with Crippen LogP contribution in [0.5, 0.6) is 0 Å². The van der Waals surface area contributed by atoms with Gasteiger partial charge in [0.1, 0.15) is 5.82 Å². The second-order valence-corrected chi connectivity index (χ2v) is 4.24. The molecule has 6 heteroatoms. The molecule has 1 aromatic heterocycles. The van der Waals surface area contributed by atoms with Crippen LogP contribution in [0.15, 0.2) is 59.0 Å². The predicted octanol–water partition coefficient (Wildman–Crippen LogP) is 3.13. The van der Waals surface area contributed by atoms with Crippen LogP contribution in [-0.4, -0.2) is 16.1 Å². The number of halogens is 1. The van der Waals surface area contributed by atoms with Crippen LogP contribution in [0.4, 0.5) is 10.4 Å². The fraction of sp³-hybridized carbons (Fsp3) is 0. The molecule has 21 heavy (non-hydrogen) atoms. The van der Waals surface area contributed by atoms with Crippen molar-refractivity contribution in [3.05, 3.63) is 66.0 Å². The van der Waals surface area contributed by atoms with E-state index in [0.29, 0.717) is 11.1 Å². The molecule has 0 aliphatic rings. The van der Waals surface area contributed by atoms with E-state index in [1.165, 1.54) is 24.3 Å². The van der Waals surface area contributed by atoms with Gasteiger partial charge in [0, 0.05) is 11.1 Å². The Kier molecular flexibility index (Phi) is 3.42. The molecule has 1 N–H and O–H groups in total. The maximum atomic E-state index is 12.8. The number of rotatable bonds is 3. The summed E-state index contributed by atoms with van der Waals surface area (Å²) >= 11 is 0. The van der Waals surface area contributed by atoms with Crippen LogP contribution in [0.3, 0.4) is 0 Å². The van der Waals surface area contributed by atoms with Gasteiger partial charge in [0.15, 0.2) is 0 Å². The van der Waals surface area contributed by atoms with E-state index in [0.717, 1.165) is 0 Å². The van der Waals surface area contributed by atoms with Crippen LogP contribution < -0.4 is 5.32 Å². The lowest BCUT2D eigenvalue weighted by Gasteiger charge is -1.99. The van der Waals surface area contributed by atoms with E-state index in [2.05, 4.69) is 15.5 Å². The summed E-state index contributed by atoms with van der Waals surface area (Å²) in [6, 6.07) is 14.3. The number of carbonyl (C=O) groups is 1. The molecular formula is C15H10FN3O2. The first kappa shape index (κ1) is 13.0. The fourth-order valence-electron chi connectivity index (χ4n) is 1.74. The van der Waals surface area contributed by atoms with Crippen LogP contribution in [0.2, 0.25) is 0 Å². The second kappa shape index (κ2) is 5.54. The highest BCUT2D eigenvalue weighted by Crippen LogP contribution is 2.20. The van der Waals surface area contributed by atoms with E-state index in [1.54, 1.807) is 24.3 Å². The lowest BCUT2D eigenvalue weighted by Crippen LogP contribution is -2.11. The first-order valence-electron chi connectivity index (χ1n) is 6.18. The average molecular weight is 283 g/mol. The van der Waals surface area contributed by atoms with Crippen molar-refractivity contribution in [3.8, 4) is 11.5 Å². The zero-order chi connectivity index (χ0) is 14.7. The molecule has 0 bridgehead atoms. The van der Waals surface area contributed by atoms with Gasteiger partial charge in [0.05, 0.1) is 0 Å². The number of nitrogens with zero attached hydrogens (tertiary/aromatic N) is 2. The molecule has 2 aromatic carbocycles. The monoisotopic (exact) mass is 283 g/mol. The fourth-order valence-corrected chi connectivity index (χ4v) is 1.74. The maximum Gasteiger partial charge on any atom is 0.322 e. The van der Waals surface area contributed by atoms with E-state index in [1.807, 2.05) is 6.07 Å². The number of hydrogen-bond acceptors (Lipinski definition) is 4. The zero-order valence-electron chi connectivity index (χ0n) is 10.8. The van der Waals surface area contributed by atoms with Gasteiger partial charge < -0.3 is 4.42 Å². The Morgan fingerprint density at radius 2 is 1.71 bits per heavy atom. The van der Waals surface area contributed by atoms with Crippen LogP contribution in [0.25, 0.3) is 11.5 Å². The van der Waals surface area contributed by atoms with Crippen molar-refractivity contribution in [3.63, 3.8) is 0 Å². The minimum Gasteiger partial charge on any atom is -0.403 e. The Morgan fingerprint density at radius 1 is 1.00 bits per heavy atom. The standard InChI is InChI=1S/C15H10FN3O2/c16-12-8-6-11(7-9-12)14-18-19-15(21-14)17-13(20)10-4-2-1-3-5-10/h1-9H,(H,17,19,20). The highest BCUT2D eigenvalue weighted by molar-refractivity contribution is 6.03. The number of carbonyl (C=O) groups excluding carboxylic acids is 1. The van der Waals surface area contributed by atoms with E-state index in [-0.39, 0.29) is 23.6 Å². The first-order valence-corrected chi connectivity index (χ1v) is 6.18. The number of aromatic nitrogens is 2. The number of hydrogen-bond donors (Lipinski definition) is 1. The van der Waals surface area contributed by atoms with Gasteiger partial charge in [0.2, 0.25) is 5.89 Å². The molecule has 0 unspecified atom stereocenters. The lowest BCUT2D eigenvalue weighted by atomic mass is 10.2. The number of nitrogens with one attached hydrogen (secondary N) is 1. The van der Waals surface area contributed by atoms with E-state index < -0.39 is 0 Å². The lowest BCUT2D eigenvalue weighted by molar-refractivity contribution is 0.102. The van der Waals surface area contributed by atoms with Crippen LogP contribution in [0, 0.1) is 5.82 Å². The highest BCUT2D eigenvalue weighted by Gasteiger charge is 2.12. The molecule has 1 heterocycles. The maximum absolute atomic E-state index is 12.8. The molecule has 5 nitrogen and oxygen atoms in total. The van der Waals surface area contributed by atoms with Gasteiger partial charge in [0.25, 0.3) is 5.91 Å². The molecule has 0 aliphatic heterocycles. The molecule has 0 atom stereocenters. The summed E-state index contributed by atoms with van der Waals surface area (Å²) in [4.78, 5) is 11.9. The molecule has 0 radical (unpaired) electrons. The van der Waals surface area contributed by atoms with Crippen molar-refractivity contribution >= 4 is 11.9 Å². The summed E-state index contributed by atoms with van der Waals surface area (Å²) < 4.78 is 18.2. The Bertz CT molecular complexity index is 754. The minimum atomic E-state index is -0.351. The van der Waals surface area contributed by atoms with E-state index in [9.17, 15) is 9.18 Å². The summed E-state index contributed by atoms with van der Waals surface area (Å²) in [6.07, 6.45) is 0. The summed E-state index contributed by atoms with van der Waals surface area (Å²) in [5.74, 6) is -0.487. The SMILES string of the molecule is O=C(Nc1nnc(-c2ccc(F)cc2)o1)c1ccccc1. The molecule has 0 spiro atoms. The number of amides is 1. The molecule has 3 aromatic rings. The van der Waals surface area contributed by atoms with Crippen molar-refractivity contribution in [1.29, 1.82) is 0 Å². The minimum absolute atomic E-state index is 0.0109. The van der Waals surface area contributed by atoms with Crippen LogP contribution >= 0.6 is 0 Å². The molecular weight excluding hydrogens is 273 g/mol. The Hall–Kier alpha value is -3.02. The summed E-state index contributed by atoms with van der Waals surface area (Å²) in [5, 5.41) is 10.1. The molecule has 0 saturated heterocycles. The quantitative estimate of drug-likeness (QED) is 0.801. The Balaban J connectivity index is 1.76. The molecule has 1 amide bonds. The third-order valence-corrected chi connectivity index (χ3v) is 2.77. The summed E-state index contributed by atoms with van der Waals surface area (Å²) in [5.41, 5.74) is 1.06. The van der Waals surface area contributed by atoms with Crippen molar-refractivity contribution in [2.24, 2.45) is 0 Å². The zero-order valence-corrected chi connectivity index (χ0v) is 10.8. The van der Waals surface area contributed by atoms with Crippen molar-refractivity contribution in [1.82, 2.24) is 10.2 Å². The molecule has 104 valence electrons. The predicted molar refractivity (Wildman–Crippen MR) is 74.1 cm³/mol. The van der Waals surface area contributed by atoms with Crippen molar-refractivity contribution in [2.75, 3.05) is 5.32 Å². The smallest absolute Gasteiger partial charge is 0.322 e. The first-order chi connectivity index (χ1) is 10.2. The van der Waals surface area contributed by atoms with Gasteiger partial charge in [-0.15, -0.1) is 5.10 Å². The van der Waals surface area contributed by atoms with Gasteiger partial charge >= 0.3 is 6.01 Å². The van der Waals surface area contributed by atoms with Gasteiger partial charge in [-0.3, -0.25) is 10.1 Å². The topological polar surface area (TPSA) is 68.0 Å². The Morgan fingerprint density at radius 3 is 2.43 bits per heavy atom. The van der Waals surface area contributed by atoms with Gasteiger partial charge in [-0.1, -0.05) is 23.3 Å². The van der Waals surface area contributed by atoms with Gasteiger partial charge in [-0.25, -0.2) is 4.39 Å². The largest absolute Gasteiger partial charge is 0.403 e. The summed E-state index contributed by atoms with van der Waals surface area (Å²) in [7, 11) is 0. The second-order valence-electron chi connectivity index (χ2n) is 4.24. The third-order valence-electron chi connectivity index (χ3n) is 2.77. The van der Waals surface area contributed by atoms with Gasteiger partial charge in [-0.2, -0.15) is 0 Å². The molecule has 0 saturated carbocycles. The van der Waals surface area contributed by atoms with Crippen molar-refractivity contribution < 1.29 is 13.6 Å². The number of anilines is 1. The highest BCUT2D eigenvalue weighted by atomic mass is 19.1. The Labute approximate surface area is 119 Å². The molecule has 3 rings (SSSR count). The average Bonchev–Trinajstić information content (AvgIpc) is 2.97.